The summed E-state index contributed by atoms with van der Waals surface area (Å²) in [5, 5.41) is 0.596. The molecule has 1 aromatic carbocycles. The van der Waals surface area contributed by atoms with Gasteiger partial charge >= 0.3 is 0 Å². The second kappa shape index (κ2) is 5.50. The fraction of sp³-hybridized carbons (Fsp3) is 0.143. The maximum absolute atomic E-state index is 11.6. The van der Waals surface area contributed by atoms with Gasteiger partial charge in [0.1, 0.15) is 11.0 Å². The Morgan fingerprint density at radius 3 is 2.40 bits per heavy atom. The van der Waals surface area contributed by atoms with Crippen molar-refractivity contribution in [2.75, 3.05) is 6.29 Å². The fourth-order valence-corrected chi connectivity index (χ4v) is 3.23. The standard InChI is InChI=1S/C7H11ClN3OPS2/c8-6-1-3-7(4-2-6)15(12)11-5-13(9,10)14/h1-4,11H,5H2,(H4,9,10,14). The minimum Gasteiger partial charge on any atom is -0.290 e. The van der Waals surface area contributed by atoms with Gasteiger partial charge in [-0.1, -0.05) is 23.4 Å². The number of halogens is 1. The normalized spacial score (nSPS) is 13.8. The molecule has 15 heavy (non-hydrogen) atoms. The third-order valence-corrected chi connectivity index (χ3v) is 4.08. The summed E-state index contributed by atoms with van der Waals surface area (Å²) in [5.74, 6) is 0. The molecule has 0 heterocycles. The molecule has 1 aromatic rings. The van der Waals surface area contributed by atoms with Crippen LogP contribution in [0.1, 0.15) is 0 Å². The van der Waals surface area contributed by atoms with Crippen molar-refractivity contribution in [2.45, 2.75) is 4.90 Å². The first-order chi connectivity index (χ1) is 6.88. The predicted molar refractivity (Wildman–Crippen MR) is 68.5 cm³/mol. The highest BCUT2D eigenvalue weighted by Gasteiger charge is 2.07. The molecule has 8 heteroatoms. The van der Waals surface area contributed by atoms with E-state index in [9.17, 15) is 4.21 Å². The van der Waals surface area contributed by atoms with Gasteiger partial charge in [0.05, 0.1) is 17.5 Å². The van der Waals surface area contributed by atoms with Crippen LogP contribution in [-0.2, 0) is 22.8 Å². The van der Waals surface area contributed by atoms with Crippen molar-refractivity contribution >= 4 is 40.7 Å². The quantitative estimate of drug-likeness (QED) is 0.724. The van der Waals surface area contributed by atoms with E-state index >= 15 is 0 Å². The topological polar surface area (TPSA) is 81.1 Å². The van der Waals surface area contributed by atoms with Gasteiger partial charge < -0.3 is 0 Å². The lowest BCUT2D eigenvalue weighted by atomic mass is 10.4. The SMILES string of the molecule is NP(N)(=S)CNS(=O)c1ccc(Cl)cc1. The molecule has 0 aliphatic heterocycles. The average Bonchev–Trinajstić information content (AvgIpc) is 2.14. The zero-order valence-corrected chi connectivity index (χ0v) is 11.0. The number of nitrogens with two attached hydrogens (primary N) is 2. The average molecular weight is 284 g/mol. The lowest BCUT2D eigenvalue weighted by Gasteiger charge is -2.10. The largest absolute Gasteiger partial charge is 0.290 e. The van der Waals surface area contributed by atoms with Gasteiger partial charge in [-0.15, -0.1) is 0 Å². The Balaban J connectivity index is 2.62. The Morgan fingerprint density at radius 1 is 1.40 bits per heavy atom. The van der Waals surface area contributed by atoms with Gasteiger partial charge in [0, 0.05) is 5.02 Å². The number of hydrogen-bond donors (Lipinski definition) is 3. The second-order valence-electron chi connectivity index (χ2n) is 2.88. The predicted octanol–water partition coefficient (Wildman–Crippen LogP) is 1.14. The number of rotatable bonds is 4. The molecule has 0 amide bonds. The first-order valence-corrected chi connectivity index (χ1v) is 8.61. The van der Waals surface area contributed by atoms with Crippen molar-refractivity contribution in [1.29, 1.82) is 0 Å². The molecule has 0 fully saturated rings. The Labute approximate surface area is 101 Å². The molecule has 0 saturated carbocycles. The van der Waals surface area contributed by atoms with E-state index in [1.54, 1.807) is 24.3 Å². The summed E-state index contributed by atoms with van der Waals surface area (Å²) in [6.07, 6.45) is -2.15. The van der Waals surface area contributed by atoms with Crippen molar-refractivity contribution in [2.24, 2.45) is 11.0 Å². The zero-order chi connectivity index (χ0) is 11.5. The van der Waals surface area contributed by atoms with E-state index in [2.05, 4.69) is 4.72 Å². The Morgan fingerprint density at radius 2 is 1.93 bits per heavy atom. The lowest BCUT2D eigenvalue weighted by Crippen LogP contribution is -2.24. The number of benzene rings is 1. The van der Waals surface area contributed by atoms with Gasteiger partial charge in [-0.05, 0) is 24.3 Å². The van der Waals surface area contributed by atoms with Crippen LogP contribution in [0.15, 0.2) is 29.2 Å². The molecule has 0 saturated heterocycles. The van der Waals surface area contributed by atoms with E-state index in [4.69, 9.17) is 34.4 Å². The van der Waals surface area contributed by atoms with Crippen LogP contribution in [0.5, 0.6) is 0 Å². The summed E-state index contributed by atoms with van der Waals surface area (Å²) in [6.45, 7) is 0. The molecule has 84 valence electrons. The third kappa shape index (κ3) is 5.17. The monoisotopic (exact) mass is 283 g/mol. The highest BCUT2D eigenvalue weighted by atomic mass is 35.5. The van der Waals surface area contributed by atoms with Crippen LogP contribution in [0.2, 0.25) is 5.02 Å². The van der Waals surface area contributed by atoms with Crippen molar-refractivity contribution in [3.8, 4) is 0 Å². The van der Waals surface area contributed by atoms with Crippen LogP contribution < -0.4 is 15.7 Å². The van der Waals surface area contributed by atoms with Crippen molar-refractivity contribution in [3.05, 3.63) is 29.3 Å². The molecule has 0 aliphatic carbocycles. The van der Waals surface area contributed by atoms with E-state index in [1.165, 1.54) is 0 Å². The van der Waals surface area contributed by atoms with Crippen LogP contribution >= 0.6 is 17.9 Å². The maximum atomic E-state index is 11.6. The van der Waals surface area contributed by atoms with Gasteiger partial charge in [-0.2, -0.15) is 0 Å². The molecule has 1 rings (SSSR count). The van der Waals surface area contributed by atoms with E-state index in [0.29, 0.717) is 9.92 Å². The summed E-state index contributed by atoms with van der Waals surface area (Å²) in [5.41, 5.74) is 10.9. The van der Waals surface area contributed by atoms with Gasteiger partial charge in [-0.25, -0.2) is 8.93 Å². The molecule has 1 atom stereocenters. The molecule has 0 bridgehead atoms. The first-order valence-electron chi connectivity index (χ1n) is 3.95. The Hall–Kier alpha value is 0.190. The zero-order valence-electron chi connectivity index (χ0n) is 7.72. The van der Waals surface area contributed by atoms with E-state index < -0.39 is 17.3 Å². The van der Waals surface area contributed by atoms with Gasteiger partial charge in [0.25, 0.3) is 0 Å². The Kier molecular flexibility index (Phi) is 4.86. The van der Waals surface area contributed by atoms with Crippen LogP contribution in [0.4, 0.5) is 0 Å². The maximum Gasteiger partial charge on any atom is 0.125 e. The Bertz CT molecular complexity index is 405. The molecule has 0 aromatic heterocycles. The summed E-state index contributed by atoms with van der Waals surface area (Å²) in [7, 11) is -1.35. The van der Waals surface area contributed by atoms with E-state index in [1.807, 2.05) is 0 Å². The van der Waals surface area contributed by atoms with E-state index in [-0.39, 0.29) is 6.29 Å². The smallest absolute Gasteiger partial charge is 0.125 e. The fourth-order valence-electron chi connectivity index (χ4n) is 0.801. The molecular weight excluding hydrogens is 273 g/mol. The molecular formula is C7H11ClN3OPS2. The number of hydrogen-bond acceptors (Lipinski definition) is 2. The van der Waals surface area contributed by atoms with Gasteiger partial charge in [-0.3, -0.25) is 11.0 Å². The van der Waals surface area contributed by atoms with Crippen LogP contribution in [0.3, 0.4) is 0 Å². The van der Waals surface area contributed by atoms with Gasteiger partial charge in [0.15, 0.2) is 0 Å². The highest BCUT2D eigenvalue weighted by Crippen LogP contribution is 2.23. The first kappa shape index (κ1) is 13.3. The minimum atomic E-state index is -2.35. The van der Waals surface area contributed by atoms with Crippen LogP contribution in [-0.4, -0.2) is 10.5 Å². The van der Waals surface area contributed by atoms with Crippen LogP contribution in [0.25, 0.3) is 0 Å². The lowest BCUT2D eigenvalue weighted by molar-refractivity contribution is 0.677. The van der Waals surface area contributed by atoms with Gasteiger partial charge in [0.2, 0.25) is 0 Å². The highest BCUT2D eigenvalue weighted by molar-refractivity contribution is 8.12. The third-order valence-electron chi connectivity index (χ3n) is 1.47. The summed E-state index contributed by atoms with van der Waals surface area (Å²) < 4.78 is 14.3. The summed E-state index contributed by atoms with van der Waals surface area (Å²) >= 11 is 10.5. The molecule has 1 unspecified atom stereocenters. The number of nitrogens with one attached hydrogen (secondary N) is 1. The molecule has 0 aliphatic rings. The second-order valence-corrected chi connectivity index (χ2v) is 8.68. The molecule has 0 radical (unpaired) electrons. The molecule has 5 N–H and O–H groups in total. The van der Waals surface area contributed by atoms with E-state index in [0.717, 1.165) is 0 Å². The van der Waals surface area contributed by atoms with Crippen molar-refractivity contribution in [3.63, 3.8) is 0 Å². The molecule has 0 spiro atoms. The van der Waals surface area contributed by atoms with Crippen LogP contribution in [0, 0.1) is 0 Å². The minimum absolute atomic E-state index is 0.192. The summed E-state index contributed by atoms with van der Waals surface area (Å²) in [4.78, 5) is 0.614. The summed E-state index contributed by atoms with van der Waals surface area (Å²) in [6, 6.07) is 6.67. The van der Waals surface area contributed by atoms with Crippen molar-refractivity contribution < 1.29 is 4.21 Å². The van der Waals surface area contributed by atoms with Crippen molar-refractivity contribution in [1.82, 2.24) is 4.72 Å². The molecule has 4 nitrogen and oxygen atoms in total.